The fourth-order valence-corrected chi connectivity index (χ4v) is 5.04. The largest absolute Gasteiger partial charge is 0.348 e. The second-order valence-electron chi connectivity index (χ2n) is 10.6. The van der Waals surface area contributed by atoms with Crippen LogP contribution in [0.25, 0.3) is 0 Å². The molecule has 4 heterocycles. The summed E-state index contributed by atoms with van der Waals surface area (Å²) in [6.07, 6.45) is 3.17. The molecule has 2 aliphatic rings. The summed E-state index contributed by atoms with van der Waals surface area (Å²) in [4.78, 5) is 27.5. The van der Waals surface area contributed by atoms with Crippen LogP contribution < -0.4 is 15.5 Å². The van der Waals surface area contributed by atoms with Gasteiger partial charge in [-0.1, -0.05) is 24.3 Å². The number of aromatic nitrogens is 5. The zero-order valence-electron chi connectivity index (χ0n) is 22.1. The first-order chi connectivity index (χ1) is 18.6. The molecule has 40 heavy (non-hydrogen) atoms. The third-order valence-corrected chi connectivity index (χ3v) is 7.62. The molecule has 14 radical (unpaired) electrons. The molecule has 0 saturated carbocycles. The summed E-state index contributed by atoms with van der Waals surface area (Å²) in [5.41, 5.74) is -0.0135. The van der Waals surface area contributed by atoms with Gasteiger partial charge in [-0.15, -0.1) is 0 Å². The standard InChI is InChI=1S/C23H20B7FN8O/c1-10(2)14-8-16(38-37-14)35-17-12-4-3-5-13(12)34-19(36-17)39-20(24,21(25,26)22(27,28)23(39,29)30)18(40)33-11-6-7-15(31)32-9-11/h6-10H,3-5H2,1-2H3,(H,33,40)(H2,34,35,36,37,38). The first-order valence-electron chi connectivity index (χ1n) is 12.6. The summed E-state index contributed by atoms with van der Waals surface area (Å²) in [6.45, 7) is 4.05. The number of halogens is 1. The van der Waals surface area contributed by atoms with Gasteiger partial charge in [0.1, 0.15) is 13.7 Å². The van der Waals surface area contributed by atoms with Crippen LogP contribution in [-0.4, -0.2) is 96.8 Å². The van der Waals surface area contributed by atoms with Gasteiger partial charge in [-0.3, -0.25) is 9.89 Å². The highest BCUT2D eigenvalue weighted by Crippen LogP contribution is 2.65. The van der Waals surface area contributed by atoms with Crippen molar-refractivity contribution in [3.63, 3.8) is 0 Å². The highest BCUT2D eigenvalue weighted by atomic mass is 19.1. The van der Waals surface area contributed by atoms with Crippen LogP contribution in [0.15, 0.2) is 24.4 Å². The number of pyridine rings is 1. The fraction of sp³-hybridized carbons (Fsp3) is 0.435. The van der Waals surface area contributed by atoms with Crippen LogP contribution >= 0.6 is 0 Å². The van der Waals surface area contributed by atoms with Crippen LogP contribution in [0.4, 0.5) is 27.7 Å². The van der Waals surface area contributed by atoms with Crippen molar-refractivity contribution in [3.8, 4) is 0 Å². The molecule has 17 heteroatoms. The van der Waals surface area contributed by atoms with Crippen molar-refractivity contribution in [2.45, 2.75) is 60.2 Å². The monoisotopic (exact) mass is 520 g/mol. The van der Waals surface area contributed by atoms with Gasteiger partial charge in [-0.25, -0.2) is 9.97 Å². The molecule has 1 unspecified atom stereocenters. The van der Waals surface area contributed by atoms with Crippen molar-refractivity contribution in [2.75, 3.05) is 15.5 Å². The van der Waals surface area contributed by atoms with Gasteiger partial charge >= 0.3 is 0 Å². The number of rotatable bonds is 6. The molecule has 1 atom stereocenters. The minimum Gasteiger partial charge on any atom is -0.348 e. The average Bonchev–Trinajstić information content (AvgIpc) is 3.56. The number of fused-ring (bicyclic) bond motifs is 1. The number of amides is 1. The molecule has 3 N–H and O–H groups in total. The first kappa shape index (κ1) is 28.4. The van der Waals surface area contributed by atoms with E-state index in [4.69, 9.17) is 54.9 Å². The van der Waals surface area contributed by atoms with E-state index in [1.54, 1.807) is 0 Å². The number of carbonyl (C=O) groups is 1. The third-order valence-electron chi connectivity index (χ3n) is 7.62. The Balaban J connectivity index is 1.63. The molecule has 186 valence electrons. The average molecular weight is 519 g/mol. The lowest BCUT2D eigenvalue weighted by atomic mass is 9.19. The van der Waals surface area contributed by atoms with Gasteiger partial charge in [0.25, 0.3) is 0 Å². The lowest BCUT2D eigenvalue weighted by molar-refractivity contribution is -0.118. The Labute approximate surface area is 241 Å². The van der Waals surface area contributed by atoms with Gasteiger partial charge < -0.3 is 15.5 Å². The van der Waals surface area contributed by atoms with Gasteiger partial charge in [-0.05, 0) is 42.7 Å². The van der Waals surface area contributed by atoms with E-state index in [0.717, 1.165) is 34.8 Å². The molecule has 0 bridgehead atoms. The fourth-order valence-electron chi connectivity index (χ4n) is 5.04. The van der Waals surface area contributed by atoms with Crippen molar-refractivity contribution in [1.29, 1.82) is 0 Å². The summed E-state index contributed by atoms with van der Waals surface area (Å²) in [7, 11) is 45.1. The summed E-state index contributed by atoms with van der Waals surface area (Å²) >= 11 is 0. The quantitative estimate of drug-likeness (QED) is 0.318. The van der Waals surface area contributed by atoms with E-state index >= 15 is 0 Å². The second-order valence-corrected chi connectivity index (χ2v) is 10.6. The van der Waals surface area contributed by atoms with Crippen molar-refractivity contribution < 1.29 is 9.18 Å². The van der Waals surface area contributed by atoms with E-state index in [2.05, 4.69) is 35.8 Å². The van der Waals surface area contributed by atoms with Crippen LogP contribution in [0.3, 0.4) is 0 Å². The Hall–Kier alpha value is -3.11. The number of aromatic amines is 1. The van der Waals surface area contributed by atoms with E-state index in [0.29, 0.717) is 30.2 Å². The number of anilines is 4. The molecular weight excluding hydrogens is 499 g/mol. The number of nitrogens with one attached hydrogen (secondary N) is 3. The van der Waals surface area contributed by atoms with Gasteiger partial charge in [0.15, 0.2) is 5.82 Å². The molecular formula is C23H20B7FN8O. The maximum absolute atomic E-state index is 13.8. The van der Waals surface area contributed by atoms with Crippen molar-refractivity contribution in [3.05, 3.63) is 47.3 Å². The van der Waals surface area contributed by atoms with Crippen molar-refractivity contribution in [2.24, 2.45) is 0 Å². The molecule has 1 amide bonds. The highest BCUT2D eigenvalue weighted by Gasteiger charge is 2.69. The molecule has 1 fully saturated rings. The van der Waals surface area contributed by atoms with Crippen LogP contribution in [0, 0.1) is 5.95 Å². The van der Waals surface area contributed by atoms with E-state index in [1.807, 2.05) is 19.9 Å². The Bertz CT molecular complexity index is 1470. The second kappa shape index (κ2) is 9.48. The van der Waals surface area contributed by atoms with E-state index < -0.39 is 33.1 Å². The maximum atomic E-state index is 13.8. The topological polar surface area (TPSA) is 112 Å². The lowest BCUT2D eigenvalue weighted by Gasteiger charge is -2.48. The maximum Gasteiger partial charge on any atom is 0.239 e. The minimum absolute atomic E-state index is 0.0786. The molecule has 1 saturated heterocycles. The molecule has 3 aromatic rings. The molecule has 1 aliphatic carbocycles. The molecule has 5 rings (SSSR count). The van der Waals surface area contributed by atoms with Crippen molar-refractivity contribution in [1.82, 2.24) is 25.1 Å². The summed E-state index contributed by atoms with van der Waals surface area (Å²) in [6, 6.07) is 4.15. The molecule has 9 nitrogen and oxygen atoms in total. The van der Waals surface area contributed by atoms with Crippen LogP contribution in [-0.2, 0) is 17.6 Å². The normalized spacial score (nSPS) is 22.2. The third kappa shape index (κ3) is 4.10. The Kier molecular flexibility index (Phi) is 6.74. The predicted molar refractivity (Wildman–Crippen MR) is 156 cm³/mol. The molecule has 0 spiro atoms. The van der Waals surface area contributed by atoms with Crippen molar-refractivity contribution >= 4 is 84.1 Å². The number of H-pyrrole nitrogens is 1. The number of nitrogens with zero attached hydrogens (tertiary/aromatic N) is 5. The summed E-state index contributed by atoms with van der Waals surface area (Å²) in [5.74, 6) is -0.851. The van der Waals surface area contributed by atoms with Gasteiger partial charge in [0, 0.05) is 17.3 Å². The SMILES string of the molecule is [B]C1([B])N(c2nc3c(c(Nc4cc(C(C)C)[nH]n4)n2)CCC3)C([B])(C(=O)Nc2ccc(F)nc2)C([B])([B])C1([B])[B]. The summed E-state index contributed by atoms with van der Waals surface area (Å²) in [5, 5.41) is 5.83. The highest BCUT2D eigenvalue weighted by molar-refractivity contribution is 6.68. The molecule has 3 aromatic heterocycles. The Morgan fingerprint density at radius 2 is 1.80 bits per heavy atom. The first-order valence-corrected chi connectivity index (χ1v) is 12.6. The van der Waals surface area contributed by atoms with Gasteiger partial charge in [0.2, 0.25) is 17.8 Å². The predicted octanol–water partition coefficient (Wildman–Crippen LogP) is 0.310. The van der Waals surface area contributed by atoms with E-state index in [9.17, 15) is 9.18 Å². The van der Waals surface area contributed by atoms with E-state index in [1.165, 1.54) is 6.07 Å². The van der Waals surface area contributed by atoms with Gasteiger partial charge in [0.05, 0.1) is 70.1 Å². The van der Waals surface area contributed by atoms with E-state index in [-0.39, 0.29) is 17.6 Å². The zero-order chi connectivity index (χ0) is 29.3. The number of carbonyl (C=O) groups excluding carboxylic acids is 1. The minimum atomic E-state index is -2.52. The van der Waals surface area contributed by atoms with Gasteiger partial charge in [-0.2, -0.15) is 14.5 Å². The Morgan fingerprint density at radius 1 is 1.07 bits per heavy atom. The number of hydrogen-bond acceptors (Lipinski definition) is 7. The van der Waals surface area contributed by atoms with Crippen LogP contribution in [0.2, 0.25) is 10.4 Å². The lowest BCUT2D eigenvalue weighted by Crippen LogP contribution is -2.65. The van der Waals surface area contributed by atoms with Crippen LogP contribution in [0.1, 0.15) is 43.1 Å². The smallest absolute Gasteiger partial charge is 0.239 e. The Morgan fingerprint density at radius 3 is 2.42 bits per heavy atom. The van der Waals surface area contributed by atoms with Crippen LogP contribution in [0.5, 0.6) is 0 Å². The molecule has 0 aromatic carbocycles. The summed E-state index contributed by atoms with van der Waals surface area (Å²) < 4.78 is 13.4. The zero-order valence-corrected chi connectivity index (χ0v) is 22.1. The number of hydrogen-bond donors (Lipinski definition) is 3. The molecule has 1 aliphatic heterocycles. The number of aryl methyl sites for hydroxylation is 1.